The molecule has 0 aliphatic carbocycles. The molecule has 3 saturated heterocycles. The second-order valence-corrected chi connectivity index (χ2v) is 17.7. The van der Waals surface area contributed by atoms with Crippen LogP contribution >= 0.6 is 11.8 Å². The number of hydrogen-bond acceptors (Lipinski definition) is 17. The fraction of sp³-hybridized carbons (Fsp3) is 0.395. The Balaban J connectivity index is 1.08. The van der Waals surface area contributed by atoms with Crippen LogP contribution in [0.1, 0.15) is 43.4 Å². The third-order valence-corrected chi connectivity index (χ3v) is 13.4. The van der Waals surface area contributed by atoms with E-state index in [0.717, 1.165) is 0 Å². The summed E-state index contributed by atoms with van der Waals surface area (Å²) in [4.78, 5) is 109. The Kier molecular flexibility index (Phi) is 14.1. The van der Waals surface area contributed by atoms with Gasteiger partial charge in [-0.2, -0.15) is 0 Å². The summed E-state index contributed by atoms with van der Waals surface area (Å²) in [5, 5.41) is 43.2. The van der Waals surface area contributed by atoms with Crippen LogP contribution in [0.5, 0.6) is 0 Å². The third kappa shape index (κ3) is 10.3. The van der Waals surface area contributed by atoms with Crippen molar-refractivity contribution in [1.29, 1.82) is 0 Å². The van der Waals surface area contributed by atoms with Gasteiger partial charge in [0.25, 0.3) is 17.1 Å². The summed E-state index contributed by atoms with van der Waals surface area (Å²) in [7, 11) is 0. The number of amidine groups is 1. The average molecular weight is 945 g/mol. The zero-order chi connectivity index (χ0) is 48.3. The smallest absolute Gasteiger partial charge is 0.410 e. The lowest BCUT2D eigenvalue weighted by Gasteiger charge is -2.46. The molecule has 3 aromatic carbocycles. The molecule has 3 aromatic rings. The number of amides is 3. The predicted molar refractivity (Wildman–Crippen MR) is 234 cm³/mol. The molecule has 0 unspecified atom stereocenters. The molecule has 0 aromatic heterocycles. The van der Waals surface area contributed by atoms with Crippen molar-refractivity contribution < 1.29 is 58.1 Å². The highest BCUT2D eigenvalue weighted by atomic mass is 32.2. The lowest BCUT2D eigenvalue weighted by Crippen LogP contribution is -2.63. The summed E-state index contributed by atoms with van der Waals surface area (Å²) in [6.45, 7) is 2.66. The van der Waals surface area contributed by atoms with Crippen LogP contribution in [0, 0.1) is 42.2 Å². The number of aliphatic imine (C=N–C) groups is 1. The molecule has 24 heteroatoms. The van der Waals surface area contributed by atoms with Crippen LogP contribution in [0.25, 0.3) is 0 Å². The number of carbonyl (C=O) groups excluding carboxylic acids is 5. The molecule has 3 amide bonds. The van der Waals surface area contributed by atoms with Gasteiger partial charge in [0.05, 0.1) is 38.9 Å². The largest absolute Gasteiger partial charge is 0.456 e. The monoisotopic (exact) mass is 944 g/mol. The Morgan fingerprint density at radius 1 is 0.821 bits per heavy atom. The molecular formula is C43H44N8O15S. The van der Waals surface area contributed by atoms with Crippen molar-refractivity contribution in [2.24, 2.45) is 22.6 Å². The van der Waals surface area contributed by atoms with Crippen molar-refractivity contribution in [3.63, 3.8) is 0 Å². The molecule has 7 rings (SSSR count). The minimum absolute atomic E-state index is 0.0293. The number of likely N-dealkylation sites (tertiary alicyclic amines) is 2. The van der Waals surface area contributed by atoms with E-state index in [-0.39, 0.29) is 68.6 Å². The second-order valence-electron chi connectivity index (χ2n) is 16.3. The summed E-state index contributed by atoms with van der Waals surface area (Å²) < 4.78 is 16.5. The fourth-order valence-electron chi connectivity index (χ4n) is 8.48. The van der Waals surface area contributed by atoms with E-state index in [1.807, 2.05) is 0 Å². The van der Waals surface area contributed by atoms with Gasteiger partial charge in [-0.15, -0.1) is 11.8 Å². The van der Waals surface area contributed by atoms with Crippen molar-refractivity contribution in [2.75, 3.05) is 19.6 Å². The first-order valence-corrected chi connectivity index (χ1v) is 21.8. The average Bonchev–Trinajstić information content (AvgIpc) is 4.02. The number of aliphatic hydroxyl groups excluding tert-OH is 1. The molecule has 4 aliphatic heterocycles. The first-order valence-electron chi connectivity index (χ1n) is 20.9. The van der Waals surface area contributed by atoms with Crippen molar-refractivity contribution >= 4 is 64.5 Å². The number of benzene rings is 3. The summed E-state index contributed by atoms with van der Waals surface area (Å²) in [6, 6.07) is 13.9. The number of hydrogen-bond donors (Lipinski definition) is 2. The molecule has 7 atom stereocenters. The number of esters is 2. The first kappa shape index (κ1) is 47.5. The lowest BCUT2D eigenvalue weighted by molar-refractivity contribution is -0.385. The Hall–Kier alpha value is -7.47. The fourth-order valence-corrected chi connectivity index (χ4v) is 10.0. The molecule has 3 N–H and O–H groups in total. The lowest BCUT2D eigenvalue weighted by atomic mass is 9.79. The van der Waals surface area contributed by atoms with Gasteiger partial charge in [-0.1, -0.05) is 6.92 Å². The topological polar surface area (TPSA) is 311 Å². The van der Waals surface area contributed by atoms with Crippen LogP contribution in [0.2, 0.25) is 0 Å². The number of nitrogens with two attached hydrogens (primary N) is 1. The van der Waals surface area contributed by atoms with Crippen LogP contribution in [-0.4, -0.2) is 119 Å². The zero-order valence-corrected chi connectivity index (χ0v) is 36.7. The molecule has 3 fully saturated rings. The van der Waals surface area contributed by atoms with Gasteiger partial charge in [-0.05, 0) is 72.9 Å². The van der Waals surface area contributed by atoms with Crippen LogP contribution < -0.4 is 5.73 Å². The van der Waals surface area contributed by atoms with Crippen LogP contribution in [0.15, 0.2) is 88.4 Å². The number of β-lactam (4-membered cyclic amide) rings is 1. The number of nitro benzene ring substituents is 3. The highest BCUT2D eigenvalue weighted by Crippen LogP contribution is 2.52. The molecule has 352 valence electrons. The van der Waals surface area contributed by atoms with Gasteiger partial charge in [0, 0.05) is 72.1 Å². The van der Waals surface area contributed by atoms with Crippen LogP contribution in [0.3, 0.4) is 0 Å². The molecular weight excluding hydrogens is 901 g/mol. The summed E-state index contributed by atoms with van der Waals surface area (Å²) in [6.07, 6.45) is -1.53. The molecule has 0 radical (unpaired) electrons. The van der Waals surface area contributed by atoms with Crippen molar-refractivity contribution in [1.82, 2.24) is 14.7 Å². The van der Waals surface area contributed by atoms with Crippen molar-refractivity contribution in [2.45, 2.75) is 76.0 Å². The van der Waals surface area contributed by atoms with Crippen LogP contribution in [-0.2, 0) is 53.2 Å². The zero-order valence-electron chi connectivity index (χ0n) is 35.9. The number of thioether (sulfide) groups is 1. The number of fused-ring (bicyclic) bond motifs is 1. The highest BCUT2D eigenvalue weighted by Gasteiger charge is 2.61. The molecule has 0 bridgehead atoms. The minimum atomic E-state index is -1.09. The standard InChI is InChI=1S/C43H44N8O15S/c1-23-35-34(24(2)52)40(54)48(35)36(41(55)64-20-25-3-9-29(10-4-25)49(58)59)37(23)67-32-17-33(47(19-32)43(57)66-22-27-7-13-31(14-8-27)51(62)63)39(53)46-16-15-28(18-46)45-38(44)42(56)65-21-26-5-11-30(12-6-26)50(60)61/h3-14,23-24,28,32-35,52H,15-22H2,1-2H3,(H2,44,45)/t23-,24-,28-,32+,33+,34-,35-/m1/s1. The number of ether oxygens (including phenoxy) is 3. The van der Waals surface area contributed by atoms with Crippen LogP contribution in [0.4, 0.5) is 21.9 Å². The number of rotatable bonds is 15. The second kappa shape index (κ2) is 20.0. The Bertz CT molecular complexity index is 2540. The van der Waals surface area contributed by atoms with Gasteiger partial charge in [-0.3, -0.25) is 49.8 Å². The maximum Gasteiger partial charge on any atom is 0.410 e. The van der Waals surface area contributed by atoms with E-state index in [2.05, 4.69) is 4.99 Å². The number of carbonyl (C=O) groups is 5. The highest BCUT2D eigenvalue weighted by molar-refractivity contribution is 8.03. The van der Waals surface area contributed by atoms with Gasteiger partial charge in [0.1, 0.15) is 31.6 Å². The van der Waals surface area contributed by atoms with Crippen molar-refractivity contribution in [3.05, 3.63) is 130 Å². The van der Waals surface area contributed by atoms with Gasteiger partial charge in [0.15, 0.2) is 0 Å². The molecule has 4 aliphatic rings. The Morgan fingerprint density at radius 2 is 1.33 bits per heavy atom. The third-order valence-electron chi connectivity index (χ3n) is 11.9. The van der Waals surface area contributed by atoms with E-state index in [1.165, 1.54) is 106 Å². The maximum atomic E-state index is 14.4. The summed E-state index contributed by atoms with van der Waals surface area (Å²) in [5.74, 6) is -4.47. The maximum absolute atomic E-state index is 14.4. The molecule has 4 heterocycles. The predicted octanol–water partition coefficient (Wildman–Crippen LogP) is 3.74. The van der Waals surface area contributed by atoms with Gasteiger partial charge in [-0.25, -0.2) is 14.4 Å². The minimum Gasteiger partial charge on any atom is -0.456 e. The number of nitro groups is 3. The van der Waals surface area contributed by atoms with E-state index < -0.39 is 91.8 Å². The Morgan fingerprint density at radius 3 is 1.84 bits per heavy atom. The molecule has 67 heavy (non-hydrogen) atoms. The number of aliphatic hydroxyl groups is 1. The van der Waals surface area contributed by atoms with Gasteiger partial charge < -0.3 is 34.9 Å². The number of nitrogens with zero attached hydrogens (tertiary/aromatic N) is 7. The van der Waals surface area contributed by atoms with Crippen molar-refractivity contribution in [3.8, 4) is 0 Å². The molecule has 0 saturated carbocycles. The summed E-state index contributed by atoms with van der Waals surface area (Å²) in [5.41, 5.74) is 6.85. The van der Waals surface area contributed by atoms with E-state index in [1.54, 1.807) is 6.92 Å². The van der Waals surface area contributed by atoms with E-state index >= 15 is 0 Å². The van der Waals surface area contributed by atoms with E-state index in [0.29, 0.717) is 28.0 Å². The quantitative estimate of drug-likeness (QED) is 0.0417. The Labute approximate surface area is 384 Å². The normalized spacial score (nSPS) is 22.8. The molecule has 23 nitrogen and oxygen atoms in total. The SMILES string of the molecule is C[C@@H](O)[C@H]1C(=O)N2C(C(=O)OCc3ccc([N+](=O)[O-])cc3)=C(S[C@H]3C[C@@H](C(=O)N4CC[C@@H](N=C(N)C(=O)OCc5ccc([N+](=O)[O-])cc5)C4)N(C(=O)OCc4ccc([N+](=O)[O-])cc4)C3)[C@H](C)[C@H]12. The van der Waals surface area contributed by atoms with Gasteiger partial charge >= 0.3 is 18.0 Å². The van der Waals surface area contributed by atoms with E-state index in [9.17, 15) is 59.4 Å². The number of non-ortho nitro benzene ring substituents is 3. The first-order chi connectivity index (χ1) is 31.9. The van der Waals surface area contributed by atoms with Gasteiger partial charge in [0.2, 0.25) is 17.6 Å². The van der Waals surface area contributed by atoms with E-state index in [4.69, 9.17) is 19.9 Å². The summed E-state index contributed by atoms with van der Waals surface area (Å²) >= 11 is 1.19. The molecule has 0 spiro atoms.